The standard InChI is InChI=1S/C8H7ClO2/c1-5-2-6(4-10)7(9)3-8(5)11/h2,4H,3H2,1H3. The maximum atomic E-state index is 11.0. The van der Waals surface area contributed by atoms with Gasteiger partial charge >= 0.3 is 0 Å². The molecule has 0 spiro atoms. The van der Waals surface area contributed by atoms with Crippen LogP contribution >= 0.6 is 11.6 Å². The molecule has 0 fully saturated rings. The third kappa shape index (κ3) is 1.57. The van der Waals surface area contributed by atoms with E-state index < -0.39 is 0 Å². The molecule has 0 heterocycles. The zero-order chi connectivity index (χ0) is 8.43. The maximum Gasteiger partial charge on any atom is 0.163 e. The molecule has 0 atom stereocenters. The average Bonchev–Trinajstić information content (AvgIpc) is 1.97. The lowest BCUT2D eigenvalue weighted by atomic mass is 10.0. The summed E-state index contributed by atoms with van der Waals surface area (Å²) in [4.78, 5) is 21.3. The van der Waals surface area contributed by atoms with Crippen LogP contribution in [0.25, 0.3) is 0 Å². The first-order valence-electron chi connectivity index (χ1n) is 3.20. The van der Waals surface area contributed by atoms with Crippen LogP contribution in [0.3, 0.4) is 0 Å². The number of hydrogen-bond acceptors (Lipinski definition) is 2. The number of hydrogen-bond donors (Lipinski definition) is 0. The molecule has 0 saturated carbocycles. The van der Waals surface area contributed by atoms with Gasteiger partial charge in [0.05, 0.1) is 0 Å². The third-order valence-corrected chi connectivity index (χ3v) is 1.92. The Morgan fingerprint density at radius 2 is 2.27 bits per heavy atom. The summed E-state index contributed by atoms with van der Waals surface area (Å²) < 4.78 is 0. The van der Waals surface area contributed by atoms with E-state index in [2.05, 4.69) is 0 Å². The molecule has 2 nitrogen and oxygen atoms in total. The number of carbonyl (C=O) groups is 2. The number of rotatable bonds is 1. The van der Waals surface area contributed by atoms with Gasteiger partial charge in [-0.15, -0.1) is 0 Å². The molecule has 1 aliphatic carbocycles. The van der Waals surface area contributed by atoms with Crippen LogP contribution in [-0.2, 0) is 9.59 Å². The number of ketones is 1. The normalized spacial score (nSPS) is 18.4. The molecule has 58 valence electrons. The van der Waals surface area contributed by atoms with Crippen molar-refractivity contribution in [3.05, 3.63) is 22.3 Å². The molecular formula is C8H7ClO2. The third-order valence-electron chi connectivity index (χ3n) is 1.57. The van der Waals surface area contributed by atoms with Crippen LogP contribution in [0.2, 0.25) is 0 Å². The van der Waals surface area contributed by atoms with E-state index >= 15 is 0 Å². The predicted molar refractivity (Wildman–Crippen MR) is 42.3 cm³/mol. The Morgan fingerprint density at radius 1 is 1.64 bits per heavy atom. The highest BCUT2D eigenvalue weighted by Crippen LogP contribution is 2.22. The first-order valence-corrected chi connectivity index (χ1v) is 3.58. The van der Waals surface area contributed by atoms with Gasteiger partial charge in [-0.2, -0.15) is 0 Å². The van der Waals surface area contributed by atoms with E-state index in [0.717, 1.165) is 0 Å². The van der Waals surface area contributed by atoms with Gasteiger partial charge in [-0.05, 0) is 18.6 Å². The van der Waals surface area contributed by atoms with Gasteiger partial charge in [0.15, 0.2) is 12.1 Å². The summed E-state index contributed by atoms with van der Waals surface area (Å²) in [5.41, 5.74) is 1.01. The second kappa shape index (κ2) is 3.01. The summed E-state index contributed by atoms with van der Waals surface area (Å²) >= 11 is 5.63. The van der Waals surface area contributed by atoms with Gasteiger partial charge in [0, 0.05) is 17.0 Å². The molecule has 1 rings (SSSR count). The Balaban J connectivity index is 3.05. The number of carbonyl (C=O) groups excluding carboxylic acids is 2. The molecular weight excluding hydrogens is 164 g/mol. The second-order valence-electron chi connectivity index (χ2n) is 2.41. The van der Waals surface area contributed by atoms with Crippen molar-refractivity contribution in [1.29, 1.82) is 0 Å². The molecule has 0 saturated heterocycles. The highest BCUT2D eigenvalue weighted by atomic mass is 35.5. The van der Waals surface area contributed by atoms with Crippen LogP contribution in [0.1, 0.15) is 13.3 Å². The summed E-state index contributed by atoms with van der Waals surface area (Å²) in [5.74, 6) is -0.0133. The molecule has 0 bridgehead atoms. The van der Waals surface area contributed by atoms with Crippen molar-refractivity contribution in [1.82, 2.24) is 0 Å². The van der Waals surface area contributed by atoms with Gasteiger partial charge in [-0.3, -0.25) is 9.59 Å². The lowest BCUT2D eigenvalue weighted by molar-refractivity contribution is -0.114. The number of aldehydes is 1. The summed E-state index contributed by atoms with van der Waals surface area (Å²) in [6.07, 6.45) is 2.34. The van der Waals surface area contributed by atoms with Gasteiger partial charge in [-0.1, -0.05) is 11.6 Å². The molecule has 0 aromatic carbocycles. The van der Waals surface area contributed by atoms with E-state index in [0.29, 0.717) is 22.5 Å². The molecule has 0 aromatic heterocycles. The fourth-order valence-electron chi connectivity index (χ4n) is 0.872. The predicted octanol–water partition coefficient (Wildman–Crippen LogP) is 1.60. The van der Waals surface area contributed by atoms with E-state index in [4.69, 9.17) is 11.6 Å². The molecule has 0 amide bonds. The summed E-state index contributed by atoms with van der Waals surface area (Å²) in [7, 11) is 0. The molecule has 0 unspecified atom stereocenters. The Morgan fingerprint density at radius 3 is 2.82 bits per heavy atom. The first-order chi connectivity index (χ1) is 5.15. The van der Waals surface area contributed by atoms with E-state index in [1.54, 1.807) is 6.92 Å². The second-order valence-corrected chi connectivity index (χ2v) is 2.86. The molecule has 0 N–H and O–H groups in total. The van der Waals surface area contributed by atoms with E-state index in [9.17, 15) is 9.59 Å². The van der Waals surface area contributed by atoms with Crippen LogP contribution < -0.4 is 0 Å². The minimum atomic E-state index is -0.0133. The van der Waals surface area contributed by atoms with Crippen molar-refractivity contribution in [3.63, 3.8) is 0 Å². The SMILES string of the molecule is CC1=CC(C=O)=C(Cl)CC1=O. The van der Waals surface area contributed by atoms with Gasteiger partial charge in [-0.25, -0.2) is 0 Å². The van der Waals surface area contributed by atoms with Gasteiger partial charge < -0.3 is 0 Å². The van der Waals surface area contributed by atoms with Gasteiger partial charge in [0.25, 0.3) is 0 Å². The lowest BCUT2D eigenvalue weighted by Crippen LogP contribution is -2.06. The van der Waals surface area contributed by atoms with Crippen LogP contribution in [0.15, 0.2) is 22.3 Å². The van der Waals surface area contributed by atoms with Crippen molar-refractivity contribution in [3.8, 4) is 0 Å². The van der Waals surface area contributed by atoms with Gasteiger partial charge in [0.2, 0.25) is 0 Å². The summed E-state index contributed by atoms with van der Waals surface area (Å²) in [5, 5.41) is 0.343. The number of halogens is 1. The zero-order valence-corrected chi connectivity index (χ0v) is 6.81. The largest absolute Gasteiger partial charge is 0.298 e. The Labute approximate surface area is 69.5 Å². The zero-order valence-electron chi connectivity index (χ0n) is 6.06. The van der Waals surface area contributed by atoms with Crippen LogP contribution in [0.5, 0.6) is 0 Å². The fraction of sp³-hybridized carbons (Fsp3) is 0.250. The molecule has 0 radical (unpaired) electrons. The van der Waals surface area contributed by atoms with Crippen LogP contribution in [0.4, 0.5) is 0 Å². The molecule has 11 heavy (non-hydrogen) atoms. The van der Waals surface area contributed by atoms with E-state index in [-0.39, 0.29) is 12.2 Å². The number of Topliss-reactive ketones (excluding diaryl/α,β-unsaturated/α-hetero) is 1. The van der Waals surface area contributed by atoms with Crippen molar-refractivity contribution < 1.29 is 9.59 Å². The van der Waals surface area contributed by atoms with Crippen LogP contribution in [0, 0.1) is 0 Å². The lowest BCUT2D eigenvalue weighted by Gasteiger charge is -2.07. The number of allylic oxidation sites excluding steroid dienone is 4. The Kier molecular flexibility index (Phi) is 2.25. The maximum absolute atomic E-state index is 11.0. The van der Waals surface area contributed by atoms with Gasteiger partial charge in [0.1, 0.15) is 0 Å². The Hall–Kier alpha value is -0.890. The molecule has 1 aliphatic rings. The minimum absolute atomic E-state index is 0.0133. The van der Waals surface area contributed by atoms with E-state index in [1.807, 2.05) is 0 Å². The van der Waals surface area contributed by atoms with Crippen molar-refractivity contribution in [2.45, 2.75) is 13.3 Å². The average molecular weight is 171 g/mol. The van der Waals surface area contributed by atoms with E-state index in [1.165, 1.54) is 6.08 Å². The quantitative estimate of drug-likeness (QED) is 0.561. The highest BCUT2D eigenvalue weighted by Gasteiger charge is 2.15. The smallest absolute Gasteiger partial charge is 0.163 e. The highest BCUT2D eigenvalue weighted by molar-refractivity contribution is 6.34. The van der Waals surface area contributed by atoms with Crippen molar-refractivity contribution in [2.75, 3.05) is 0 Å². The molecule has 3 heteroatoms. The topological polar surface area (TPSA) is 34.1 Å². The summed E-state index contributed by atoms with van der Waals surface area (Å²) in [6.45, 7) is 1.68. The molecule has 0 aromatic rings. The molecule has 0 aliphatic heterocycles. The minimum Gasteiger partial charge on any atom is -0.298 e. The Bertz CT molecular complexity index is 274. The van der Waals surface area contributed by atoms with Crippen molar-refractivity contribution in [2.24, 2.45) is 0 Å². The fourth-order valence-corrected chi connectivity index (χ4v) is 1.09. The van der Waals surface area contributed by atoms with Crippen LogP contribution in [-0.4, -0.2) is 12.1 Å². The monoisotopic (exact) mass is 170 g/mol. The first kappa shape index (κ1) is 8.21. The summed E-state index contributed by atoms with van der Waals surface area (Å²) in [6, 6.07) is 0. The van der Waals surface area contributed by atoms with Crippen molar-refractivity contribution >= 4 is 23.7 Å².